The number of nitro benzene ring substituents is 1. The summed E-state index contributed by atoms with van der Waals surface area (Å²) in [5, 5.41) is 19.4. The van der Waals surface area contributed by atoms with Gasteiger partial charge in [0.15, 0.2) is 5.03 Å². The standard InChI is InChI=1S/C6H5N3O4/c10-8(11)6-3-1-2-5(4-6)7-9(12)13/h1-4,7H. The highest BCUT2D eigenvalue weighted by molar-refractivity contribution is 5.49. The maximum absolute atomic E-state index is 10.2. The molecule has 1 aromatic rings. The monoisotopic (exact) mass is 183 g/mol. The van der Waals surface area contributed by atoms with Gasteiger partial charge in [-0.2, -0.15) is 0 Å². The molecule has 0 amide bonds. The predicted octanol–water partition coefficient (Wildman–Crippen LogP) is 1.20. The van der Waals surface area contributed by atoms with Gasteiger partial charge in [-0.3, -0.25) is 10.1 Å². The number of benzene rings is 1. The minimum atomic E-state index is -0.779. The molecule has 68 valence electrons. The fourth-order valence-electron chi connectivity index (χ4n) is 0.794. The number of hydrogen-bond donors (Lipinski definition) is 1. The Balaban J connectivity index is 2.91. The highest BCUT2D eigenvalue weighted by Crippen LogP contribution is 2.16. The van der Waals surface area contributed by atoms with Gasteiger partial charge in [0.25, 0.3) is 5.69 Å². The number of nitrogens with one attached hydrogen (secondary N) is 1. The molecule has 13 heavy (non-hydrogen) atoms. The minimum Gasteiger partial charge on any atom is -0.258 e. The summed E-state index contributed by atoms with van der Waals surface area (Å²) < 4.78 is 0. The highest BCUT2D eigenvalue weighted by Gasteiger charge is 2.07. The van der Waals surface area contributed by atoms with Crippen LogP contribution in [0.15, 0.2) is 24.3 Å². The fourth-order valence-corrected chi connectivity index (χ4v) is 0.794. The van der Waals surface area contributed by atoms with Crippen molar-refractivity contribution in [2.45, 2.75) is 0 Å². The molecule has 0 heterocycles. The van der Waals surface area contributed by atoms with Crippen molar-refractivity contribution < 1.29 is 9.96 Å². The van der Waals surface area contributed by atoms with Crippen molar-refractivity contribution in [1.82, 2.24) is 0 Å². The van der Waals surface area contributed by atoms with Crippen molar-refractivity contribution in [2.24, 2.45) is 0 Å². The summed E-state index contributed by atoms with van der Waals surface area (Å²) in [6.45, 7) is 0. The second-order valence-corrected chi connectivity index (χ2v) is 2.18. The van der Waals surface area contributed by atoms with E-state index in [1.54, 1.807) is 0 Å². The van der Waals surface area contributed by atoms with Crippen LogP contribution in [0.2, 0.25) is 0 Å². The average Bonchev–Trinajstić information content (AvgIpc) is 2.03. The predicted molar refractivity (Wildman–Crippen MR) is 43.7 cm³/mol. The van der Waals surface area contributed by atoms with Gasteiger partial charge in [-0.15, -0.1) is 5.43 Å². The van der Waals surface area contributed by atoms with Gasteiger partial charge >= 0.3 is 0 Å². The lowest BCUT2D eigenvalue weighted by molar-refractivity contribution is -0.445. The molecule has 0 fully saturated rings. The lowest BCUT2D eigenvalue weighted by Crippen LogP contribution is -2.07. The number of non-ortho nitro benzene ring substituents is 1. The van der Waals surface area contributed by atoms with E-state index in [0.29, 0.717) is 0 Å². The largest absolute Gasteiger partial charge is 0.271 e. The van der Waals surface area contributed by atoms with Gasteiger partial charge in [0.1, 0.15) is 5.69 Å². The summed E-state index contributed by atoms with van der Waals surface area (Å²) in [5.41, 5.74) is 1.71. The van der Waals surface area contributed by atoms with Crippen LogP contribution >= 0.6 is 0 Å². The maximum atomic E-state index is 10.2. The van der Waals surface area contributed by atoms with Crippen LogP contribution in [0.25, 0.3) is 0 Å². The zero-order valence-corrected chi connectivity index (χ0v) is 6.34. The molecule has 1 rings (SSSR count). The van der Waals surface area contributed by atoms with Crippen molar-refractivity contribution in [3.63, 3.8) is 0 Å². The van der Waals surface area contributed by atoms with Crippen LogP contribution in [0, 0.1) is 20.2 Å². The Morgan fingerprint density at radius 3 is 2.46 bits per heavy atom. The molecule has 0 saturated carbocycles. The molecule has 0 radical (unpaired) electrons. The van der Waals surface area contributed by atoms with Crippen molar-refractivity contribution in [2.75, 3.05) is 5.43 Å². The van der Waals surface area contributed by atoms with E-state index in [0.717, 1.165) is 6.07 Å². The Morgan fingerprint density at radius 2 is 1.92 bits per heavy atom. The Hall–Kier alpha value is -2.18. The summed E-state index contributed by atoms with van der Waals surface area (Å²) >= 11 is 0. The molecule has 0 unspecified atom stereocenters. The topological polar surface area (TPSA) is 98.3 Å². The second kappa shape index (κ2) is 3.48. The van der Waals surface area contributed by atoms with Crippen molar-refractivity contribution in [1.29, 1.82) is 0 Å². The van der Waals surface area contributed by atoms with Gasteiger partial charge in [-0.05, 0) is 6.07 Å². The minimum absolute atomic E-state index is 0.0826. The Labute approximate surface area is 72.3 Å². The van der Waals surface area contributed by atoms with Crippen molar-refractivity contribution in [3.8, 4) is 0 Å². The number of hydrogen-bond acceptors (Lipinski definition) is 4. The fraction of sp³-hybridized carbons (Fsp3) is 0. The number of nitro groups is 2. The van der Waals surface area contributed by atoms with Gasteiger partial charge < -0.3 is 0 Å². The second-order valence-electron chi connectivity index (χ2n) is 2.18. The van der Waals surface area contributed by atoms with E-state index in [1.807, 2.05) is 5.43 Å². The zero-order valence-electron chi connectivity index (χ0n) is 6.34. The SMILES string of the molecule is O=[N+]([O-])Nc1cccc([N+](=O)[O-])c1. The molecule has 7 heteroatoms. The molecule has 0 aliphatic rings. The van der Waals surface area contributed by atoms with E-state index in [9.17, 15) is 20.2 Å². The molecule has 1 N–H and O–H groups in total. The Bertz CT molecular complexity index is 351. The maximum Gasteiger partial charge on any atom is 0.271 e. The summed E-state index contributed by atoms with van der Waals surface area (Å²) in [6, 6.07) is 5.08. The van der Waals surface area contributed by atoms with Gasteiger partial charge in [-0.1, -0.05) is 6.07 Å². The van der Waals surface area contributed by atoms with Gasteiger partial charge in [0, 0.05) is 12.1 Å². The smallest absolute Gasteiger partial charge is 0.258 e. The van der Waals surface area contributed by atoms with E-state index in [1.165, 1.54) is 18.2 Å². The Kier molecular flexibility index (Phi) is 2.38. The zero-order chi connectivity index (χ0) is 9.84. The molecule has 7 nitrogen and oxygen atoms in total. The molecular weight excluding hydrogens is 178 g/mol. The molecule has 0 saturated heterocycles. The number of hydrazine groups is 1. The van der Waals surface area contributed by atoms with Crippen LogP contribution in [0.3, 0.4) is 0 Å². The molecule has 0 bridgehead atoms. The number of rotatable bonds is 3. The first-order chi connectivity index (χ1) is 6.09. The average molecular weight is 183 g/mol. The third-order valence-corrected chi connectivity index (χ3v) is 1.28. The molecule has 0 atom stereocenters. The van der Waals surface area contributed by atoms with Crippen molar-refractivity contribution >= 4 is 11.4 Å². The van der Waals surface area contributed by atoms with Crippen LogP contribution in [-0.4, -0.2) is 9.96 Å². The Morgan fingerprint density at radius 1 is 1.23 bits per heavy atom. The molecule has 0 aliphatic carbocycles. The molecule has 0 spiro atoms. The molecule has 0 aromatic heterocycles. The number of anilines is 1. The summed E-state index contributed by atoms with van der Waals surface area (Å²) in [4.78, 5) is 19.6. The quantitative estimate of drug-likeness (QED) is 0.560. The summed E-state index contributed by atoms with van der Waals surface area (Å²) in [7, 11) is 0. The lowest BCUT2D eigenvalue weighted by atomic mass is 10.3. The van der Waals surface area contributed by atoms with E-state index in [-0.39, 0.29) is 11.4 Å². The first-order valence-corrected chi connectivity index (χ1v) is 3.25. The van der Waals surface area contributed by atoms with Gasteiger partial charge in [-0.25, -0.2) is 10.1 Å². The third kappa shape index (κ3) is 2.40. The van der Waals surface area contributed by atoms with Crippen LogP contribution in [0.4, 0.5) is 11.4 Å². The van der Waals surface area contributed by atoms with E-state index in [4.69, 9.17) is 0 Å². The van der Waals surface area contributed by atoms with Crippen LogP contribution in [0.5, 0.6) is 0 Å². The summed E-state index contributed by atoms with van der Waals surface area (Å²) in [6.07, 6.45) is 0. The third-order valence-electron chi connectivity index (χ3n) is 1.28. The summed E-state index contributed by atoms with van der Waals surface area (Å²) in [5.74, 6) is 0. The lowest BCUT2D eigenvalue weighted by Gasteiger charge is -1.95. The first-order valence-electron chi connectivity index (χ1n) is 3.25. The van der Waals surface area contributed by atoms with Gasteiger partial charge in [0.2, 0.25) is 0 Å². The van der Waals surface area contributed by atoms with Crippen molar-refractivity contribution in [3.05, 3.63) is 44.5 Å². The van der Waals surface area contributed by atoms with E-state index < -0.39 is 9.96 Å². The van der Waals surface area contributed by atoms with Crippen LogP contribution in [0.1, 0.15) is 0 Å². The normalized spacial score (nSPS) is 9.23. The highest BCUT2D eigenvalue weighted by atomic mass is 16.7. The number of nitrogens with zero attached hydrogens (tertiary/aromatic N) is 2. The molecule has 1 aromatic carbocycles. The molecule has 0 aliphatic heterocycles. The van der Waals surface area contributed by atoms with Crippen LogP contribution in [-0.2, 0) is 0 Å². The van der Waals surface area contributed by atoms with Crippen LogP contribution < -0.4 is 5.43 Å². The van der Waals surface area contributed by atoms with E-state index in [2.05, 4.69) is 0 Å². The van der Waals surface area contributed by atoms with Gasteiger partial charge in [0.05, 0.1) is 4.92 Å². The van der Waals surface area contributed by atoms with E-state index >= 15 is 0 Å². The first kappa shape index (κ1) is 8.91. The molecular formula is C6H5N3O4.